The van der Waals surface area contributed by atoms with Crippen molar-refractivity contribution >= 4 is 21.8 Å². The predicted octanol–water partition coefficient (Wildman–Crippen LogP) is 11.8. The van der Waals surface area contributed by atoms with E-state index >= 15 is 0 Å². The van der Waals surface area contributed by atoms with Crippen molar-refractivity contribution in [2.45, 2.75) is 0 Å². The van der Waals surface area contributed by atoms with E-state index in [2.05, 4.69) is 113 Å². The molecule has 0 aliphatic carbocycles. The Morgan fingerprint density at radius 3 is 1.51 bits per heavy atom. The quantitative estimate of drug-likeness (QED) is 0.165. The van der Waals surface area contributed by atoms with Crippen LogP contribution in [-0.4, -0.2) is 29.5 Å². The van der Waals surface area contributed by atoms with Gasteiger partial charge in [-0.15, -0.1) is 0 Å². The van der Waals surface area contributed by atoms with E-state index in [4.69, 9.17) is 19.9 Å². The smallest absolute Gasteiger partial charge is 0.164 e. The van der Waals surface area contributed by atoms with E-state index in [-0.39, 0.29) is 0 Å². The third kappa shape index (κ3) is 6.02. The Morgan fingerprint density at radius 2 is 0.891 bits per heavy atom. The van der Waals surface area contributed by atoms with Gasteiger partial charge >= 0.3 is 0 Å². The second-order valence-corrected chi connectivity index (χ2v) is 13.4. The molecule has 0 unspecified atom stereocenters. The standard InChI is InChI=1S/C49H32N6/c1-4-15-33(16-5-1)46-52-47(34-17-6-2-7-18-34)54-48(53-46)37-20-14-19-35(31-37)39-27-28-40(42-24-11-10-23-41(39)42)36-26-29-45-44(32-36)51-49(43-25-12-13-30-50-43)55(45)38-21-8-3-9-22-38/h1-32H. The summed E-state index contributed by atoms with van der Waals surface area (Å²) in [6.07, 6.45) is 1.81. The number of aromatic nitrogens is 6. The zero-order valence-electron chi connectivity index (χ0n) is 29.7. The molecule has 10 aromatic rings. The van der Waals surface area contributed by atoms with E-state index in [9.17, 15) is 0 Å². The average Bonchev–Trinajstić information content (AvgIpc) is 3.66. The van der Waals surface area contributed by atoms with E-state index < -0.39 is 0 Å². The fourth-order valence-electron chi connectivity index (χ4n) is 7.32. The van der Waals surface area contributed by atoms with E-state index in [0.29, 0.717) is 17.5 Å². The summed E-state index contributed by atoms with van der Waals surface area (Å²) in [5.74, 6) is 2.72. The lowest BCUT2D eigenvalue weighted by Crippen LogP contribution is -2.00. The minimum Gasteiger partial charge on any atom is -0.291 e. The van der Waals surface area contributed by atoms with Crippen LogP contribution in [-0.2, 0) is 0 Å². The molecule has 0 saturated heterocycles. The van der Waals surface area contributed by atoms with E-state index in [1.54, 1.807) is 0 Å². The number of pyridine rings is 1. The number of rotatable bonds is 7. The second-order valence-electron chi connectivity index (χ2n) is 13.4. The number of imidazole rings is 1. The molecule has 6 heteroatoms. The van der Waals surface area contributed by atoms with Crippen LogP contribution in [0.2, 0.25) is 0 Å². The molecule has 0 spiro atoms. The monoisotopic (exact) mass is 704 g/mol. The van der Waals surface area contributed by atoms with Crippen molar-refractivity contribution in [3.05, 3.63) is 194 Å². The highest BCUT2D eigenvalue weighted by molar-refractivity contribution is 6.06. The molecular formula is C49H32N6. The lowest BCUT2D eigenvalue weighted by molar-refractivity contribution is 1.07. The number of para-hydroxylation sites is 1. The van der Waals surface area contributed by atoms with Gasteiger partial charge in [-0.2, -0.15) is 0 Å². The topological polar surface area (TPSA) is 69.4 Å². The van der Waals surface area contributed by atoms with Crippen LogP contribution in [0.5, 0.6) is 0 Å². The van der Waals surface area contributed by atoms with Gasteiger partial charge in [0, 0.05) is 28.6 Å². The number of hydrogen-bond donors (Lipinski definition) is 0. The van der Waals surface area contributed by atoms with Gasteiger partial charge in [0.25, 0.3) is 0 Å². The third-order valence-electron chi connectivity index (χ3n) is 9.93. The maximum Gasteiger partial charge on any atom is 0.164 e. The largest absolute Gasteiger partial charge is 0.291 e. The molecular weight excluding hydrogens is 673 g/mol. The minimum absolute atomic E-state index is 0.629. The van der Waals surface area contributed by atoms with Crippen molar-refractivity contribution in [2.24, 2.45) is 0 Å². The van der Waals surface area contributed by atoms with Crippen molar-refractivity contribution in [1.82, 2.24) is 29.5 Å². The fraction of sp³-hybridized carbons (Fsp3) is 0. The van der Waals surface area contributed by atoms with E-state index in [0.717, 1.165) is 78.0 Å². The van der Waals surface area contributed by atoms with Crippen molar-refractivity contribution in [1.29, 1.82) is 0 Å². The highest BCUT2D eigenvalue weighted by Crippen LogP contribution is 2.38. The number of benzene rings is 7. The first-order valence-corrected chi connectivity index (χ1v) is 18.3. The molecule has 55 heavy (non-hydrogen) atoms. The van der Waals surface area contributed by atoms with Gasteiger partial charge < -0.3 is 0 Å². The SMILES string of the molecule is c1ccc(-c2nc(-c3ccccc3)nc(-c3cccc(-c4ccc(-c5ccc6c(c5)nc(-c5ccccn5)n6-c5ccccc5)c5ccccc45)c3)n2)cc1. The van der Waals surface area contributed by atoms with Crippen LogP contribution in [0.15, 0.2) is 194 Å². The van der Waals surface area contributed by atoms with Crippen molar-refractivity contribution in [3.63, 3.8) is 0 Å². The zero-order chi connectivity index (χ0) is 36.6. The summed E-state index contributed by atoms with van der Waals surface area (Å²) in [5, 5.41) is 2.32. The molecule has 0 aliphatic heterocycles. The molecule has 7 aromatic carbocycles. The molecule has 10 rings (SSSR count). The second kappa shape index (κ2) is 13.8. The predicted molar refractivity (Wildman–Crippen MR) is 222 cm³/mol. The van der Waals surface area contributed by atoms with E-state index in [1.807, 2.05) is 91.1 Å². The summed E-state index contributed by atoms with van der Waals surface area (Å²) >= 11 is 0. The Kier molecular flexibility index (Phi) is 8.04. The van der Waals surface area contributed by atoms with Crippen LogP contribution < -0.4 is 0 Å². The van der Waals surface area contributed by atoms with Crippen molar-refractivity contribution in [2.75, 3.05) is 0 Å². The Morgan fingerprint density at radius 1 is 0.364 bits per heavy atom. The highest BCUT2D eigenvalue weighted by Gasteiger charge is 2.18. The first-order valence-electron chi connectivity index (χ1n) is 18.3. The maximum atomic E-state index is 5.16. The molecule has 258 valence electrons. The summed E-state index contributed by atoms with van der Waals surface area (Å²) in [6.45, 7) is 0. The molecule has 0 amide bonds. The fourth-order valence-corrected chi connectivity index (χ4v) is 7.32. The molecule has 0 aliphatic rings. The van der Waals surface area contributed by atoms with Gasteiger partial charge in [-0.3, -0.25) is 9.55 Å². The summed E-state index contributed by atoms with van der Waals surface area (Å²) in [4.78, 5) is 24.7. The van der Waals surface area contributed by atoms with Crippen molar-refractivity contribution < 1.29 is 0 Å². The van der Waals surface area contributed by atoms with Crippen LogP contribution in [0.25, 0.3) is 95.4 Å². The average molecular weight is 705 g/mol. The lowest BCUT2D eigenvalue weighted by Gasteiger charge is -2.14. The Labute approximate surface area is 318 Å². The van der Waals surface area contributed by atoms with Gasteiger partial charge in [0.1, 0.15) is 5.69 Å². The van der Waals surface area contributed by atoms with E-state index in [1.165, 1.54) is 0 Å². The Bertz CT molecular complexity index is 2900. The summed E-state index contributed by atoms with van der Waals surface area (Å²) in [6, 6.07) is 64.5. The van der Waals surface area contributed by atoms with Gasteiger partial charge in [0.2, 0.25) is 0 Å². The van der Waals surface area contributed by atoms with Gasteiger partial charge in [-0.25, -0.2) is 19.9 Å². The number of fused-ring (bicyclic) bond motifs is 2. The van der Waals surface area contributed by atoms with Crippen LogP contribution >= 0.6 is 0 Å². The number of nitrogens with zero attached hydrogens (tertiary/aromatic N) is 6. The zero-order valence-corrected chi connectivity index (χ0v) is 29.7. The van der Waals surface area contributed by atoms with Crippen LogP contribution in [0.4, 0.5) is 0 Å². The molecule has 3 aromatic heterocycles. The first kappa shape index (κ1) is 32.1. The van der Waals surface area contributed by atoms with Crippen LogP contribution in [0, 0.1) is 0 Å². The summed E-state index contributed by atoms with van der Waals surface area (Å²) in [7, 11) is 0. The first-order chi connectivity index (χ1) is 27.3. The van der Waals surface area contributed by atoms with Gasteiger partial charge in [-0.05, 0) is 75.5 Å². The third-order valence-corrected chi connectivity index (χ3v) is 9.93. The van der Waals surface area contributed by atoms with Crippen molar-refractivity contribution in [3.8, 4) is 73.6 Å². The Balaban J connectivity index is 1.08. The Hall–Kier alpha value is -7.57. The molecule has 0 N–H and O–H groups in total. The molecule has 6 nitrogen and oxygen atoms in total. The molecule has 0 saturated carbocycles. The number of hydrogen-bond acceptors (Lipinski definition) is 5. The molecule has 0 radical (unpaired) electrons. The summed E-state index contributed by atoms with van der Waals surface area (Å²) in [5.41, 5.74) is 11.1. The van der Waals surface area contributed by atoms with Crippen LogP contribution in [0.3, 0.4) is 0 Å². The molecule has 3 heterocycles. The molecule has 0 atom stereocenters. The van der Waals surface area contributed by atoms with Gasteiger partial charge in [-0.1, -0.05) is 146 Å². The normalized spacial score (nSPS) is 11.3. The molecule has 0 bridgehead atoms. The van der Waals surface area contributed by atoms with Crippen LogP contribution in [0.1, 0.15) is 0 Å². The van der Waals surface area contributed by atoms with Gasteiger partial charge in [0.15, 0.2) is 23.3 Å². The molecule has 0 fully saturated rings. The van der Waals surface area contributed by atoms with Gasteiger partial charge in [0.05, 0.1) is 11.0 Å². The highest BCUT2D eigenvalue weighted by atomic mass is 15.1. The minimum atomic E-state index is 0.629. The lowest BCUT2D eigenvalue weighted by atomic mass is 9.91. The summed E-state index contributed by atoms with van der Waals surface area (Å²) < 4.78 is 2.19. The maximum absolute atomic E-state index is 5.16.